The fourth-order valence-corrected chi connectivity index (χ4v) is 2.46. The van der Waals surface area contributed by atoms with E-state index in [1.54, 1.807) is 14.2 Å². The van der Waals surface area contributed by atoms with Gasteiger partial charge in [-0.1, -0.05) is 30.3 Å². The number of methoxy groups -OCH3 is 2. The third-order valence-electron chi connectivity index (χ3n) is 3.76. The molecule has 0 saturated heterocycles. The minimum atomic E-state index is 0.644. The number of benzene rings is 2. The second-order valence-corrected chi connectivity index (χ2v) is 5.37. The summed E-state index contributed by atoms with van der Waals surface area (Å²) in [6.07, 6.45) is 1.88. The van der Waals surface area contributed by atoms with Gasteiger partial charge in [0.05, 0.1) is 14.2 Å². The van der Waals surface area contributed by atoms with Gasteiger partial charge in [0.1, 0.15) is 17.3 Å². The summed E-state index contributed by atoms with van der Waals surface area (Å²) in [7, 11) is 3.30. The van der Waals surface area contributed by atoms with Gasteiger partial charge in [0.2, 0.25) is 0 Å². The van der Waals surface area contributed by atoms with E-state index in [0.717, 1.165) is 34.0 Å². The minimum Gasteiger partial charge on any atom is -0.497 e. The van der Waals surface area contributed by atoms with Gasteiger partial charge in [-0.25, -0.2) is 4.98 Å². The first-order chi connectivity index (χ1) is 11.8. The molecule has 0 bridgehead atoms. The van der Waals surface area contributed by atoms with Crippen LogP contribution in [-0.4, -0.2) is 19.2 Å². The van der Waals surface area contributed by atoms with E-state index in [9.17, 15) is 0 Å². The van der Waals surface area contributed by atoms with Gasteiger partial charge in [-0.05, 0) is 35.4 Å². The van der Waals surface area contributed by atoms with Crippen LogP contribution in [0.4, 0.5) is 5.82 Å². The Balaban J connectivity index is 1.69. The first-order valence-electron chi connectivity index (χ1n) is 7.76. The zero-order chi connectivity index (χ0) is 16.8. The number of hydrogen-bond donors (Lipinski definition) is 1. The molecule has 4 heteroatoms. The minimum absolute atomic E-state index is 0.644. The largest absolute Gasteiger partial charge is 0.497 e. The van der Waals surface area contributed by atoms with Gasteiger partial charge in [-0.3, -0.25) is 0 Å². The standard InChI is InChI=1S/C20H20N2O2/c1-23-18-10-15(11-19(12-18)24-2)13-21-20-9-8-17(14-22-20)16-6-4-3-5-7-16/h3-12,14H,13H2,1-2H3,(H,21,22). The molecular weight excluding hydrogens is 300 g/mol. The van der Waals surface area contributed by atoms with Crippen LogP contribution in [0.15, 0.2) is 66.9 Å². The molecule has 0 radical (unpaired) electrons. The highest BCUT2D eigenvalue weighted by Crippen LogP contribution is 2.23. The van der Waals surface area contributed by atoms with Gasteiger partial charge in [0.15, 0.2) is 0 Å². The lowest BCUT2D eigenvalue weighted by molar-refractivity contribution is 0.393. The molecule has 1 N–H and O–H groups in total. The van der Waals surface area contributed by atoms with Crippen molar-refractivity contribution in [2.75, 3.05) is 19.5 Å². The van der Waals surface area contributed by atoms with Gasteiger partial charge < -0.3 is 14.8 Å². The molecule has 0 aliphatic rings. The summed E-state index contributed by atoms with van der Waals surface area (Å²) in [5.41, 5.74) is 3.33. The van der Waals surface area contributed by atoms with E-state index < -0.39 is 0 Å². The van der Waals surface area contributed by atoms with Crippen molar-refractivity contribution < 1.29 is 9.47 Å². The summed E-state index contributed by atoms with van der Waals surface area (Å²) in [6.45, 7) is 0.644. The summed E-state index contributed by atoms with van der Waals surface area (Å²) in [5, 5.41) is 3.32. The monoisotopic (exact) mass is 320 g/mol. The number of rotatable bonds is 6. The zero-order valence-corrected chi connectivity index (χ0v) is 13.8. The predicted molar refractivity (Wildman–Crippen MR) is 96.5 cm³/mol. The molecule has 0 aliphatic carbocycles. The van der Waals surface area contributed by atoms with Gasteiger partial charge in [0.25, 0.3) is 0 Å². The summed E-state index contributed by atoms with van der Waals surface area (Å²) in [4.78, 5) is 4.48. The van der Waals surface area contributed by atoms with Crippen LogP contribution in [0.25, 0.3) is 11.1 Å². The summed E-state index contributed by atoms with van der Waals surface area (Å²) < 4.78 is 10.6. The Morgan fingerprint density at radius 2 is 1.54 bits per heavy atom. The zero-order valence-electron chi connectivity index (χ0n) is 13.8. The molecule has 0 spiro atoms. The molecular formula is C20H20N2O2. The second-order valence-electron chi connectivity index (χ2n) is 5.37. The maximum absolute atomic E-state index is 5.29. The molecule has 3 rings (SSSR count). The van der Waals surface area contributed by atoms with Gasteiger partial charge in [-0.15, -0.1) is 0 Å². The van der Waals surface area contributed by atoms with Crippen molar-refractivity contribution in [3.8, 4) is 22.6 Å². The second kappa shape index (κ2) is 7.51. The number of nitrogens with one attached hydrogen (secondary N) is 1. The Kier molecular flexibility index (Phi) is 4.96. The van der Waals surface area contributed by atoms with E-state index in [0.29, 0.717) is 6.54 Å². The van der Waals surface area contributed by atoms with Crippen LogP contribution in [0, 0.1) is 0 Å². The molecule has 0 amide bonds. The highest BCUT2D eigenvalue weighted by molar-refractivity contribution is 5.63. The molecule has 0 unspecified atom stereocenters. The summed E-state index contributed by atoms with van der Waals surface area (Å²) >= 11 is 0. The maximum Gasteiger partial charge on any atom is 0.126 e. The first kappa shape index (κ1) is 15.9. The van der Waals surface area contributed by atoms with Crippen LogP contribution in [-0.2, 0) is 6.54 Å². The van der Waals surface area contributed by atoms with E-state index in [4.69, 9.17) is 9.47 Å². The molecule has 122 valence electrons. The lowest BCUT2D eigenvalue weighted by atomic mass is 10.1. The van der Waals surface area contributed by atoms with Crippen molar-refractivity contribution in [3.63, 3.8) is 0 Å². The Bertz CT molecular complexity index is 764. The van der Waals surface area contributed by atoms with Crippen molar-refractivity contribution in [2.24, 2.45) is 0 Å². The average molecular weight is 320 g/mol. The highest BCUT2D eigenvalue weighted by Gasteiger charge is 2.03. The fraction of sp³-hybridized carbons (Fsp3) is 0.150. The average Bonchev–Trinajstić information content (AvgIpc) is 2.67. The Morgan fingerprint density at radius 1 is 0.833 bits per heavy atom. The molecule has 2 aromatic carbocycles. The molecule has 4 nitrogen and oxygen atoms in total. The molecule has 1 heterocycles. The van der Waals surface area contributed by atoms with Crippen molar-refractivity contribution in [3.05, 3.63) is 72.4 Å². The lowest BCUT2D eigenvalue weighted by Crippen LogP contribution is -2.02. The van der Waals surface area contributed by atoms with Crippen molar-refractivity contribution >= 4 is 5.82 Å². The fourth-order valence-electron chi connectivity index (χ4n) is 2.46. The molecule has 0 saturated carbocycles. The number of pyridine rings is 1. The quantitative estimate of drug-likeness (QED) is 0.732. The maximum atomic E-state index is 5.29. The van der Waals surface area contributed by atoms with Gasteiger partial charge in [-0.2, -0.15) is 0 Å². The number of anilines is 1. The number of aromatic nitrogens is 1. The Morgan fingerprint density at radius 3 is 2.12 bits per heavy atom. The molecule has 3 aromatic rings. The lowest BCUT2D eigenvalue weighted by Gasteiger charge is -2.10. The van der Waals surface area contributed by atoms with E-state index in [2.05, 4.69) is 28.5 Å². The number of hydrogen-bond acceptors (Lipinski definition) is 4. The normalized spacial score (nSPS) is 10.2. The van der Waals surface area contributed by atoms with Crippen LogP contribution >= 0.6 is 0 Å². The van der Waals surface area contributed by atoms with Gasteiger partial charge >= 0.3 is 0 Å². The topological polar surface area (TPSA) is 43.4 Å². The van der Waals surface area contributed by atoms with Crippen molar-refractivity contribution in [1.82, 2.24) is 4.98 Å². The summed E-state index contributed by atoms with van der Waals surface area (Å²) in [5.74, 6) is 2.38. The first-order valence-corrected chi connectivity index (χ1v) is 7.76. The smallest absolute Gasteiger partial charge is 0.126 e. The molecule has 24 heavy (non-hydrogen) atoms. The number of ether oxygens (including phenoxy) is 2. The third-order valence-corrected chi connectivity index (χ3v) is 3.76. The van der Waals surface area contributed by atoms with E-state index in [1.807, 2.05) is 48.7 Å². The third kappa shape index (κ3) is 3.84. The van der Waals surface area contributed by atoms with E-state index in [1.165, 1.54) is 0 Å². The predicted octanol–water partition coefficient (Wildman–Crippen LogP) is 4.38. The summed E-state index contributed by atoms with van der Waals surface area (Å²) in [6, 6.07) is 20.1. The highest BCUT2D eigenvalue weighted by atomic mass is 16.5. The van der Waals surface area contributed by atoms with Crippen molar-refractivity contribution in [1.29, 1.82) is 0 Å². The van der Waals surface area contributed by atoms with Crippen LogP contribution in [0.1, 0.15) is 5.56 Å². The molecule has 0 atom stereocenters. The molecule has 0 aliphatic heterocycles. The van der Waals surface area contributed by atoms with Crippen molar-refractivity contribution in [2.45, 2.75) is 6.54 Å². The van der Waals surface area contributed by atoms with Crippen LogP contribution in [0.3, 0.4) is 0 Å². The number of nitrogens with zero attached hydrogens (tertiary/aromatic N) is 1. The van der Waals surface area contributed by atoms with E-state index in [-0.39, 0.29) is 0 Å². The molecule has 0 fully saturated rings. The molecule has 1 aromatic heterocycles. The van der Waals surface area contributed by atoms with Crippen LogP contribution < -0.4 is 14.8 Å². The van der Waals surface area contributed by atoms with Crippen LogP contribution in [0.5, 0.6) is 11.5 Å². The Labute approximate surface area is 142 Å². The van der Waals surface area contributed by atoms with E-state index >= 15 is 0 Å². The Hall–Kier alpha value is -3.01. The van der Waals surface area contributed by atoms with Crippen LogP contribution in [0.2, 0.25) is 0 Å². The SMILES string of the molecule is COc1cc(CNc2ccc(-c3ccccc3)cn2)cc(OC)c1. The van der Waals surface area contributed by atoms with Gasteiger partial charge in [0, 0.05) is 24.4 Å².